The maximum Gasteiger partial charge on any atom is 0.319 e. The fourth-order valence-corrected chi connectivity index (χ4v) is 2.24. The van der Waals surface area contributed by atoms with Crippen molar-refractivity contribution in [1.29, 1.82) is 0 Å². The van der Waals surface area contributed by atoms with Crippen LogP contribution in [0.15, 0.2) is 24.5 Å². The molecule has 6 nitrogen and oxygen atoms in total. The fraction of sp³-hybridized carbons (Fsp3) is 0.357. The molecule has 0 unspecified atom stereocenters. The van der Waals surface area contributed by atoms with E-state index in [1.54, 1.807) is 12.4 Å². The first-order valence-corrected chi connectivity index (χ1v) is 7.20. The molecule has 1 aromatic carbocycles. The number of nitrogens with one attached hydrogen (secondary N) is 2. The van der Waals surface area contributed by atoms with Crippen molar-refractivity contribution in [3.8, 4) is 0 Å². The minimum atomic E-state index is -0.291. The molecule has 2 N–H and O–H groups in total. The van der Waals surface area contributed by atoms with Crippen molar-refractivity contribution in [2.75, 3.05) is 5.32 Å². The number of amides is 2. The second-order valence-corrected chi connectivity index (χ2v) is 5.56. The maximum atomic E-state index is 11.9. The summed E-state index contributed by atoms with van der Waals surface area (Å²) < 4.78 is 2.02. The van der Waals surface area contributed by atoms with E-state index in [1.165, 1.54) is 0 Å². The maximum absolute atomic E-state index is 11.9. The zero-order valence-corrected chi connectivity index (χ0v) is 12.4. The number of nitrogens with zero attached hydrogens (tertiary/aromatic N) is 3. The van der Waals surface area contributed by atoms with Gasteiger partial charge in [0.25, 0.3) is 0 Å². The zero-order chi connectivity index (χ0) is 14.8. The van der Waals surface area contributed by atoms with Gasteiger partial charge in [-0.1, -0.05) is 17.7 Å². The Labute approximate surface area is 127 Å². The predicted octanol–water partition coefficient (Wildman–Crippen LogP) is 2.90. The van der Waals surface area contributed by atoms with E-state index in [-0.39, 0.29) is 6.03 Å². The molecule has 1 aliphatic carbocycles. The molecule has 0 aliphatic heterocycles. The molecular formula is C14H16ClN5O. The van der Waals surface area contributed by atoms with Crippen LogP contribution in [0.3, 0.4) is 0 Å². The predicted molar refractivity (Wildman–Crippen MR) is 80.3 cm³/mol. The summed E-state index contributed by atoms with van der Waals surface area (Å²) in [7, 11) is 0. The lowest BCUT2D eigenvalue weighted by atomic mass is 10.2. The van der Waals surface area contributed by atoms with Crippen LogP contribution in [0, 0.1) is 6.92 Å². The van der Waals surface area contributed by atoms with E-state index in [4.69, 9.17) is 11.6 Å². The minimum absolute atomic E-state index is 0.291. The van der Waals surface area contributed by atoms with Gasteiger partial charge in [0.05, 0.1) is 6.54 Å². The molecule has 3 rings (SSSR count). The third-order valence-corrected chi connectivity index (χ3v) is 3.83. The molecule has 1 aromatic heterocycles. The van der Waals surface area contributed by atoms with Crippen molar-refractivity contribution < 1.29 is 4.79 Å². The van der Waals surface area contributed by atoms with Crippen molar-refractivity contribution in [3.63, 3.8) is 0 Å². The summed E-state index contributed by atoms with van der Waals surface area (Å²) in [5, 5.41) is 14.1. The molecule has 0 bridgehead atoms. The Morgan fingerprint density at radius 3 is 3.00 bits per heavy atom. The standard InChI is InChI=1S/C14H16ClN5O/c1-9-2-3-10(6-12(9)15)18-14(21)16-7-13-19-17-8-20(13)11-4-5-11/h2-3,6,8,11H,4-5,7H2,1H3,(H2,16,18,21). The van der Waals surface area contributed by atoms with Gasteiger partial charge in [0, 0.05) is 16.8 Å². The Kier molecular flexibility index (Phi) is 3.79. The number of rotatable bonds is 4. The van der Waals surface area contributed by atoms with E-state index in [0.29, 0.717) is 23.3 Å². The van der Waals surface area contributed by atoms with Crippen LogP contribution in [0.4, 0.5) is 10.5 Å². The van der Waals surface area contributed by atoms with Crippen LogP contribution in [0.2, 0.25) is 5.02 Å². The van der Waals surface area contributed by atoms with Crippen molar-refractivity contribution in [1.82, 2.24) is 20.1 Å². The van der Waals surface area contributed by atoms with Crippen LogP contribution in [0.5, 0.6) is 0 Å². The highest BCUT2D eigenvalue weighted by molar-refractivity contribution is 6.31. The number of aryl methyl sites for hydroxylation is 1. The molecule has 0 spiro atoms. The molecule has 1 fully saturated rings. The molecule has 7 heteroatoms. The van der Waals surface area contributed by atoms with Crippen LogP contribution in [-0.2, 0) is 6.54 Å². The number of urea groups is 1. The van der Waals surface area contributed by atoms with Crippen LogP contribution in [0.1, 0.15) is 30.3 Å². The van der Waals surface area contributed by atoms with Gasteiger partial charge in [0.15, 0.2) is 5.82 Å². The van der Waals surface area contributed by atoms with Crippen LogP contribution in [-0.4, -0.2) is 20.8 Å². The van der Waals surface area contributed by atoms with Crippen molar-refractivity contribution in [2.24, 2.45) is 0 Å². The molecule has 21 heavy (non-hydrogen) atoms. The van der Waals surface area contributed by atoms with Crippen LogP contribution >= 0.6 is 11.6 Å². The van der Waals surface area contributed by atoms with Crippen LogP contribution in [0.25, 0.3) is 0 Å². The first-order chi connectivity index (χ1) is 10.1. The molecule has 1 saturated carbocycles. The normalized spacial score (nSPS) is 14.0. The molecule has 0 saturated heterocycles. The summed E-state index contributed by atoms with van der Waals surface area (Å²) in [5.74, 6) is 0.773. The van der Waals surface area contributed by atoms with Crippen molar-refractivity contribution in [2.45, 2.75) is 32.4 Å². The topological polar surface area (TPSA) is 71.8 Å². The van der Waals surface area contributed by atoms with E-state index >= 15 is 0 Å². The average molecular weight is 306 g/mol. The van der Waals surface area contributed by atoms with Crippen LogP contribution < -0.4 is 10.6 Å². The average Bonchev–Trinajstić information content (AvgIpc) is 3.19. The number of aromatic nitrogens is 3. The lowest BCUT2D eigenvalue weighted by Gasteiger charge is -2.09. The number of anilines is 1. The van der Waals surface area contributed by atoms with Gasteiger partial charge < -0.3 is 15.2 Å². The summed E-state index contributed by atoms with van der Waals surface area (Å²) in [4.78, 5) is 11.9. The zero-order valence-electron chi connectivity index (χ0n) is 11.6. The monoisotopic (exact) mass is 305 g/mol. The Morgan fingerprint density at radius 1 is 1.48 bits per heavy atom. The molecule has 1 aliphatic rings. The molecule has 0 radical (unpaired) electrons. The van der Waals surface area contributed by atoms with Crippen molar-refractivity contribution >= 4 is 23.3 Å². The fourth-order valence-electron chi connectivity index (χ4n) is 2.06. The highest BCUT2D eigenvalue weighted by Crippen LogP contribution is 2.35. The molecular weight excluding hydrogens is 290 g/mol. The van der Waals surface area contributed by atoms with E-state index in [1.807, 2.05) is 23.6 Å². The smallest absolute Gasteiger partial charge is 0.319 e. The van der Waals surface area contributed by atoms with E-state index in [9.17, 15) is 4.79 Å². The summed E-state index contributed by atoms with van der Waals surface area (Å²) in [6.07, 6.45) is 4.02. The molecule has 110 valence electrons. The highest BCUT2D eigenvalue weighted by Gasteiger charge is 2.25. The summed E-state index contributed by atoms with van der Waals surface area (Å²) in [6.45, 7) is 2.26. The van der Waals surface area contributed by atoms with Gasteiger partial charge in [0.2, 0.25) is 0 Å². The molecule has 2 amide bonds. The van der Waals surface area contributed by atoms with E-state index in [2.05, 4.69) is 20.8 Å². The number of halogens is 1. The number of benzene rings is 1. The Hall–Kier alpha value is -2.08. The summed E-state index contributed by atoms with van der Waals surface area (Å²) in [6, 6.07) is 5.61. The molecule has 1 heterocycles. The molecule has 0 atom stereocenters. The lowest BCUT2D eigenvalue weighted by molar-refractivity contribution is 0.251. The number of carbonyl (C=O) groups excluding carboxylic acids is 1. The van der Waals surface area contributed by atoms with Gasteiger partial charge in [-0.15, -0.1) is 10.2 Å². The largest absolute Gasteiger partial charge is 0.331 e. The first kappa shape index (κ1) is 13.9. The second kappa shape index (κ2) is 5.73. The second-order valence-electron chi connectivity index (χ2n) is 5.16. The quantitative estimate of drug-likeness (QED) is 0.912. The summed E-state index contributed by atoms with van der Waals surface area (Å²) >= 11 is 6.02. The van der Waals surface area contributed by atoms with Gasteiger partial charge in [-0.2, -0.15) is 0 Å². The number of carbonyl (C=O) groups is 1. The molecule has 2 aromatic rings. The van der Waals surface area contributed by atoms with E-state index in [0.717, 1.165) is 24.2 Å². The third kappa shape index (κ3) is 3.33. The van der Waals surface area contributed by atoms with Gasteiger partial charge in [0.1, 0.15) is 6.33 Å². The minimum Gasteiger partial charge on any atom is -0.331 e. The lowest BCUT2D eigenvalue weighted by Crippen LogP contribution is -2.29. The van der Waals surface area contributed by atoms with Gasteiger partial charge in [-0.05, 0) is 37.5 Å². The first-order valence-electron chi connectivity index (χ1n) is 6.83. The van der Waals surface area contributed by atoms with Gasteiger partial charge in [-0.3, -0.25) is 0 Å². The van der Waals surface area contributed by atoms with E-state index < -0.39 is 0 Å². The van der Waals surface area contributed by atoms with Gasteiger partial charge >= 0.3 is 6.03 Å². The number of hydrogen-bond acceptors (Lipinski definition) is 3. The SMILES string of the molecule is Cc1ccc(NC(=O)NCc2nncn2C2CC2)cc1Cl. The summed E-state index contributed by atoms with van der Waals surface area (Å²) in [5.41, 5.74) is 1.63. The Bertz CT molecular complexity index is 665. The van der Waals surface area contributed by atoms with Crippen molar-refractivity contribution in [3.05, 3.63) is 40.9 Å². The van der Waals surface area contributed by atoms with Gasteiger partial charge in [-0.25, -0.2) is 4.79 Å². The Morgan fingerprint density at radius 2 is 2.29 bits per heavy atom. The number of hydrogen-bond donors (Lipinski definition) is 2. The Balaban J connectivity index is 1.56. The highest BCUT2D eigenvalue weighted by atomic mass is 35.5. The third-order valence-electron chi connectivity index (χ3n) is 3.42.